The van der Waals surface area contributed by atoms with Gasteiger partial charge in [0.05, 0.1) is 0 Å². The average Bonchev–Trinajstić information content (AvgIpc) is 2.67. The van der Waals surface area contributed by atoms with Crippen molar-refractivity contribution in [3.63, 3.8) is 0 Å². The van der Waals surface area contributed by atoms with Crippen LogP contribution in [0.3, 0.4) is 0 Å². The zero-order chi connectivity index (χ0) is 14.4. The monoisotopic (exact) mass is 274 g/mol. The van der Waals surface area contributed by atoms with Gasteiger partial charge in [0.2, 0.25) is 0 Å². The number of hydrogen-bond donors (Lipinski definition) is 1. The summed E-state index contributed by atoms with van der Waals surface area (Å²) < 4.78 is 0. The summed E-state index contributed by atoms with van der Waals surface area (Å²) in [4.78, 5) is 2.63. The van der Waals surface area contributed by atoms with E-state index in [2.05, 4.69) is 49.2 Å². The number of likely N-dealkylation sites (tertiary alicyclic amines) is 1. The quantitative estimate of drug-likeness (QED) is 0.864. The average molecular weight is 274 g/mol. The van der Waals surface area contributed by atoms with Crippen molar-refractivity contribution in [1.29, 1.82) is 0 Å². The molecule has 20 heavy (non-hydrogen) atoms. The molecule has 0 bridgehead atoms. The first-order valence-electron chi connectivity index (χ1n) is 8.32. The Morgan fingerprint density at radius 3 is 2.80 bits per heavy atom. The summed E-state index contributed by atoms with van der Waals surface area (Å²) in [5.74, 6) is 0. The first kappa shape index (κ1) is 15.4. The predicted octanol–water partition coefficient (Wildman–Crippen LogP) is 4.23. The van der Waals surface area contributed by atoms with E-state index in [0.717, 1.165) is 6.42 Å². The molecule has 0 radical (unpaired) electrons. The van der Waals surface area contributed by atoms with Gasteiger partial charge in [-0.15, -0.1) is 0 Å². The van der Waals surface area contributed by atoms with Gasteiger partial charge in [0.1, 0.15) is 0 Å². The highest BCUT2D eigenvalue weighted by Gasteiger charge is 2.17. The minimum absolute atomic E-state index is 0.642. The van der Waals surface area contributed by atoms with Crippen molar-refractivity contribution >= 4 is 5.69 Å². The van der Waals surface area contributed by atoms with Crippen molar-refractivity contribution in [3.05, 3.63) is 29.3 Å². The Bertz CT molecular complexity index is 414. The predicted molar refractivity (Wildman–Crippen MR) is 88.5 cm³/mol. The van der Waals surface area contributed by atoms with Crippen LogP contribution in [0.15, 0.2) is 18.2 Å². The van der Waals surface area contributed by atoms with Crippen LogP contribution in [0.4, 0.5) is 5.69 Å². The molecule has 1 fully saturated rings. The first-order chi connectivity index (χ1) is 9.74. The van der Waals surface area contributed by atoms with Crippen LogP contribution in [0, 0.1) is 6.92 Å². The molecule has 1 unspecified atom stereocenters. The van der Waals surface area contributed by atoms with E-state index in [4.69, 9.17) is 0 Å². The third kappa shape index (κ3) is 3.99. The number of benzene rings is 1. The van der Waals surface area contributed by atoms with Crippen molar-refractivity contribution in [2.45, 2.75) is 58.9 Å². The smallest absolute Gasteiger partial charge is 0.0404 e. The van der Waals surface area contributed by atoms with Crippen LogP contribution >= 0.6 is 0 Å². The summed E-state index contributed by atoms with van der Waals surface area (Å²) >= 11 is 0. The number of nitrogens with zero attached hydrogens (tertiary/aromatic N) is 1. The molecule has 0 saturated carbocycles. The fourth-order valence-corrected chi connectivity index (χ4v) is 3.27. The Morgan fingerprint density at radius 1 is 1.20 bits per heavy atom. The lowest BCUT2D eigenvalue weighted by Crippen LogP contribution is -2.27. The molecule has 0 aliphatic carbocycles. The number of nitrogens with one attached hydrogen (secondary N) is 1. The Hall–Kier alpha value is -1.02. The van der Waals surface area contributed by atoms with Crippen molar-refractivity contribution in [2.75, 3.05) is 25.0 Å². The molecule has 2 rings (SSSR count). The van der Waals surface area contributed by atoms with Crippen LogP contribution in [0.25, 0.3) is 0 Å². The SMILES string of the molecule is CCCN1CCCC(Nc2c(C)cccc2CC)CC1. The Balaban J connectivity index is 2.00. The molecule has 0 spiro atoms. The minimum Gasteiger partial charge on any atom is -0.382 e. The van der Waals surface area contributed by atoms with E-state index in [-0.39, 0.29) is 0 Å². The number of rotatable bonds is 5. The standard InChI is InChI=1S/C18H30N2/c1-4-12-20-13-7-10-17(11-14-20)19-18-15(3)8-6-9-16(18)5-2/h6,8-9,17,19H,4-5,7,10-14H2,1-3H3. The highest BCUT2D eigenvalue weighted by atomic mass is 15.1. The fourth-order valence-electron chi connectivity index (χ4n) is 3.27. The van der Waals surface area contributed by atoms with E-state index in [1.165, 1.54) is 62.1 Å². The molecule has 1 aliphatic rings. The number of anilines is 1. The summed E-state index contributed by atoms with van der Waals surface area (Å²) in [6, 6.07) is 7.30. The second-order valence-corrected chi connectivity index (χ2v) is 6.08. The molecule has 1 heterocycles. The first-order valence-corrected chi connectivity index (χ1v) is 8.32. The lowest BCUT2D eigenvalue weighted by Gasteiger charge is -2.22. The number of aryl methyl sites for hydroxylation is 2. The van der Waals surface area contributed by atoms with Gasteiger partial charge in [-0.1, -0.05) is 32.0 Å². The molecular formula is C18H30N2. The maximum atomic E-state index is 3.84. The molecule has 112 valence electrons. The third-order valence-electron chi connectivity index (χ3n) is 4.45. The number of para-hydroxylation sites is 1. The van der Waals surface area contributed by atoms with E-state index in [1.807, 2.05) is 0 Å². The third-order valence-corrected chi connectivity index (χ3v) is 4.45. The lowest BCUT2D eigenvalue weighted by atomic mass is 10.0. The van der Waals surface area contributed by atoms with Gasteiger partial charge < -0.3 is 10.2 Å². The van der Waals surface area contributed by atoms with Crippen LogP contribution in [0.1, 0.15) is 50.7 Å². The summed E-state index contributed by atoms with van der Waals surface area (Å²) in [5, 5.41) is 3.84. The van der Waals surface area contributed by atoms with Crippen LogP contribution < -0.4 is 5.32 Å². The van der Waals surface area contributed by atoms with Gasteiger partial charge in [-0.25, -0.2) is 0 Å². The van der Waals surface area contributed by atoms with Crippen LogP contribution in [0.2, 0.25) is 0 Å². The maximum Gasteiger partial charge on any atom is 0.0404 e. The summed E-state index contributed by atoms with van der Waals surface area (Å²) in [7, 11) is 0. The van der Waals surface area contributed by atoms with Gasteiger partial charge in [-0.05, 0) is 63.2 Å². The summed E-state index contributed by atoms with van der Waals surface area (Å²) in [6.07, 6.45) is 6.29. The van der Waals surface area contributed by atoms with Crippen LogP contribution in [-0.2, 0) is 6.42 Å². The van der Waals surface area contributed by atoms with E-state index in [9.17, 15) is 0 Å². The summed E-state index contributed by atoms with van der Waals surface area (Å²) in [6.45, 7) is 10.5. The van der Waals surface area contributed by atoms with Gasteiger partial charge in [0, 0.05) is 18.3 Å². The molecule has 1 saturated heterocycles. The van der Waals surface area contributed by atoms with Crippen molar-refractivity contribution in [2.24, 2.45) is 0 Å². The Labute approximate surface area is 124 Å². The normalized spacial score (nSPS) is 20.6. The molecule has 0 aromatic heterocycles. The van der Waals surface area contributed by atoms with E-state index >= 15 is 0 Å². The van der Waals surface area contributed by atoms with Crippen molar-refractivity contribution in [3.8, 4) is 0 Å². The Kier molecular flexibility index (Phi) is 5.90. The van der Waals surface area contributed by atoms with E-state index in [0.29, 0.717) is 6.04 Å². The van der Waals surface area contributed by atoms with E-state index < -0.39 is 0 Å². The van der Waals surface area contributed by atoms with Gasteiger partial charge in [-0.3, -0.25) is 0 Å². The van der Waals surface area contributed by atoms with Gasteiger partial charge in [0.15, 0.2) is 0 Å². The number of hydrogen-bond acceptors (Lipinski definition) is 2. The van der Waals surface area contributed by atoms with Crippen LogP contribution in [0.5, 0.6) is 0 Å². The fraction of sp³-hybridized carbons (Fsp3) is 0.667. The molecule has 1 N–H and O–H groups in total. The molecule has 2 heteroatoms. The Morgan fingerprint density at radius 2 is 2.05 bits per heavy atom. The highest BCUT2D eigenvalue weighted by molar-refractivity contribution is 5.57. The topological polar surface area (TPSA) is 15.3 Å². The summed E-state index contributed by atoms with van der Waals surface area (Å²) in [5.41, 5.74) is 4.24. The minimum atomic E-state index is 0.642. The highest BCUT2D eigenvalue weighted by Crippen LogP contribution is 2.24. The van der Waals surface area contributed by atoms with Gasteiger partial charge >= 0.3 is 0 Å². The van der Waals surface area contributed by atoms with Crippen molar-refractivity contribution in [1.82, 2.24) is 4.90 Å². The molecule has 0 amide bonds. The van der Waals surface area contributed by atoms with Gasteiger partial charge in [0.25, 0.3) is 0 Å². The second kappa shape index (κ2) is 7.68. The maximum absolute atomic E-state index is 3.84. The van der Waals surface area contributed by atoms with Crippen molar-refractivity contribution < 1.29 is 0 Å². The van der Waals surface area contributed by atoms with Crippen LogP contribution in [-0.4, -0.2) is 30.6 Å². The molecule has 2 nitrogen and oxygen atoms in total. The molecule has 1 atom stereocenters. The largest absolute Gasteiger partial charge is 0.382 e. The molecular weight excluding hydrogens is 244 g/mol. The lowest BCUT2D eigenvalue weighted by molar-refractivity contribution is 0.285. The molecule has 1 aliphatic heterocycles. The van der Waals surface area contributed by atoms with E-state index in [1.54, 1.807) is 0 Å². The zero-order valence-electron chi connectivity index (χ0n) is 13.4. The zero-order valence-corrected chi connectivity index (χ0v) is 13.4. The molecule has 1 aromatic carbocycles. The second-order valence-electron chi connectivity index (χ2n) is 6.08. The molecule has 1 aromatic rings. The van der Waals surface area contributed by atoms with Gasteiger partial charge in [-0.2, -0.15) is 0 Å².